The number of hydrogen-bond acceptors (Lipinski definition) is 3. The molecule has 5 nitrogen and oxygen atoms in total. The first-order chi connectivity index (χ1) is 28.1. The van der Waals surface area contributed by atoms with E-state index in [1.54, 1.807) is 0 Å². The molecule has 0 aliphatic heterocycles. The maximum absolute atomic E-state index is 8.35. The van der Waals surface area contributed by atoms with Crippen LogP contribution in [0.15, 0.2) is 194 Å². The molecule has 8 aromatic rings. The van der Waals surface area contributed by atoms with Gasteiger partial charge in [0.25, 0.3) is 0 Å². The third kappa shape index (κ3) is 7.00. The summed E-state index contributed by atoms with van der Waals surface area (Å²) in [5, 5.41) is 11.9. The quantitative estimate of drug-likeness (QED) is 0.141. The van der Waals surface area contributed by atoms with Gasteiger partial charge in [0, 0.05) is 38.4 Å². The number of aryl methyl sites for hydroxylation is 1. The Kier molecular flexibility index (Phi) is 9.71. The van der Waals surface area contributed by atoms with E-state index < -0.39 is 0 Å². The molecule has 57 heavy (non-hydrogen) atoms. The highest BCUT2D eigenvalue weighted by atomic mass is 16.3. The number of furan rings is 2. The molecule has 6 aromatic carbocycles. The minimum absolute atomic E-state index is 0.183. The molecule has 10 rings (SSSR count). The van der Waals surface area contributed by atoms with E-state index >= 15 is 0 Å². The summed E-state index contributed by atoms with van der Waals surface area (Å²) in [7, 11) is 0. The molecule has 0 bridgehead atoms. The fourth-order valence-electron chi connectivity index (χ4n) is 8.25. The minimum Gasteiger partial charge on any atom is -0.456 e. The molecule has 2 aliphatic carbocycles. The Hall–Kier alpha value is -7.11. The second-order valence-electron chi connectivity index (χ2n) is 14.5. The van der Waals surface area contributed by atoms with Crippen molar-refractivity contribution in [3.63, 3.8) is 0 Å². The maximum Gasteiger partial charge on any atom is 0.160 e. The molecule has 2 heterocycles. The third-order valence-corrected chi connectivity index (χ3v) is 11.0. The van der Waals surface area contributed by atoms with Gasteiger partial charge in [0.1, 0.15) is 22.5 Å². The SMILES string of the molecule is C=NC(=NC(=N)c1ccccc1)C1=CC(C2CC=Cc3oc4ccccc4c32)CC=C1.Cc1cccc2oc3c(-c4ccccc4)cc(-c4ccccc4)cc3c12. The first-order valence-corrected chi connectivity index (χ1v) is 19.4. The van der Waals surface area contributed by atoms with Crippen LogP contribution in [0.25, 0.3) is 61.2 Å². The van der Waals surface area contributed by atoms with Crippen LogP contribution >= 0.6 is 0 Å². The number of benzene rings is 6. The largest absolute Gasteiger partial charge is 0.456 e. The fraction of sp³-hybridized carbons (Fsp3) is 0.0962. The number of nitrogens with zero attached hydrogens (tertiary/aromatic N) is 2. The molecule has 0 radical (unpaired) electrons. The molecular weight excluding hydrogens is 699 g/mol. The standard InChI is InChI=1S/C27H23N3O.C25H18O/c1-29-27(30-26(28)18-9-3-2-4-10-18)20-12-7-11-19(17-20)21-14-8-16-24-25(21)22-13-5-6-15-23(22)31-24;1-17-9-8-14-23-24(17)22-16-20(18-10-4-2-5-11-18)15-21(25(22)26-23)19-12-6-3-7-13-19/h2-10,12-13,15-17,19,21,28H,1,11,14H2;2-16H,1H3. The Morgan fingerprint density at radius 2 is 1.35 bits per heavy atom. The summed E-state index contributed by atoms with van der Waals surface area (Å²) in [6.45, 7) is 5.86. The van der Waals surface area contributed by atoms with E-state index in [1.165, 1.54) is 44.0 Å². The fourth-order valence-corrected chi connectivity index (χ4v) is 8.25. The Bertz CT molecular complexity index is 2890. The van der Waals surface area contributed by atoms with Crippen LogP contribution < -0.4 is 0 Å². The molecule has 0 saturated heterocycles. The summed E-state index contributed by atoms with van der Waals surface area (Å²) >= 11 is 0. The highest BCUT2D eigenvalue weighted by Crippen LogP contribution is 2.45. The number of aliphatic imine (C=N–C) groups is 2. The highest BCUT2D eigenvalue weighted by molar-refractivity contribution is 6.13. The third-order valence-electron chi connectivity index (χ3n) is 11.0. The number of hydrogen-bond donors (Lipinski definition) is 1. The molecule has 1 N–H and O–H groups in total. The summed E-state index contributed by atoms with van der Waals surface area (Å²) in [5.41, 5.74) is 11.8. The van der Waals surface area contributed by atoms with Crippen molar-refractivity contribution in [2.24, 2.45) is 15.9 Å². The number of nitrogens with one attached hydrogen (secondary N) is 1. The molecule has 0 spiro atoms. The predicted octanol–water partition coefficient (Wildman–Crippen LogP) is 13.8. The van der Waals surface area contributed by atoms with Gasteiger partial charge in [-0.3, -0.25) is 5.41 Å². The van der Waals surface area contributed by atoms with Crippen molar-refractivity contribution in [3.8, 4) is 22.3 Å². The van der Waals surface area contributed by atoms with Gasteiger partial charge in [-0.05, 0) is 90.9 Å². The zero-order chi connectivity index (χ0) is 38.7. The van der Waals surface area contributed by atoms with E-state index in [4.69, 9.17) is 14.2 Å². The van der Waals surface area contributed by atoms with Crippen LogP contribution in [0.1, 0.15) is 41.2 Å². The van der Waals surface area contributed by atoms with Crippen molar-refractivity contribution in [1.82, 2.24) is 0 Å². The Labute approximate surface area is 332 Å². The number of para-hydroxylation sites is 1. The average molecular weight is 740 g/mol. The Balaban J connectivity index is 0.000000150. The predicted molar refractivity (Wildman–Crippen MR) is 238 cm³/mol. The van der Waals surface area contributed by atoms with Gasteiger partial charge in [-0.25, -0.2) is 9.98 Å². The Morgan fingerprint density at radius 1 is 0.667 bits per heavy atom. The maximum atomic E-state index is 8.35. The number of allylic oxidation sites excluding steroid dienone is 3. The summed E-state index contributed by atoms with van der Waals surface area (Å²) in [5.74, 6) is 2.25. The van der Waals surface area contributed by atoms with Gasteiger partial charge in [0.2, 0.25) is 0 Å². The van der Waals surface area contributed by atoms with Crippen LogP contribution in [0, 0.1) is 18.3 Å². The highest BCUT2D eigenvalue weighted by Gasteiger charge is 2.30. The van der Waals surface area contributed by atoms with Crippen LogP contribution in [0.4, 0.5) is 0 Å². The smallest absolute Gasteiger partial charge is 0.160 e. The molecule has 2 aliphatic rings. The summed E-state index contributed by atoms with van der Waals surface area (Å²) in [6, 6.07) is 49.5. The second-order valence-corrected chi connectivity index (χ2v) is 14.5. The monoisotopic (exact) mass is 739 g/mol. The molecule has 0 amide bonds. The van der Waals surface area contributed by atoms with Gasteiger partial charge < -0.3 is 8.83 Å². The van der Waals surface area contributed by atoms with Crippen LogP contribution in [0.2, 0.25) is 0 Å². The molecule has 5 heteroatoms. The zero-order valence-corrected chi connectivity index (χ0v) is 31.7. The van der Waals surface area contributed by atoms with E-state index in [-0.39, 0.29) is 5.84 Å². The van der Waals surface area contributed by atoms with Gasteiger partial charge in [0.05, 0.1) is 0 Å². The normalized spacial score (nSPS) is 16.2. The molecule has 2 unspecified atom stereocenters. The summed E-state index contributed by atoms with van der Waals surface area (Å²) in [6.07, 6.45) is 12.7. The number of fused-ring (bicyclic) bond motifs is 6. The molecule has 0 saturated carbocycles. The lowest BCUT2D eigenvalue weighted by Crippen LogP contribution is -2.16. The van der Waals surface area contributed by atoms with Crippen molar-refractivity contribution in [2.45, 2.75) is 25.7 Å². The van der Waals surface area contributed by atoms with Crippen molar-refractivity contribution in [2.75, 3.05) is 0 Å². The van der Waals surface area contributed by atoms with Crippen LogP contribution in [-0.4, -0.2) is 18.4 Å². The average Bonchev–Trinajstić information content (AvgIpc) is 3.86. The Morgan fingerprint density at radius 3 is 2.12 bits per heavy atom. The van der Waals surface area contributed by atoms with Gasteiger partial charge in [0.15, 0.2) is 11.7 Å². The topological polar surface area (TPSA) is 74.8 Å². The van der Waals surface area contributed by atoms with Crippen LogP contribution in [0.3, 0.4) is 0 Å². The van der Waals surface area contributed by atoms with E-state index in [0.717, 1.165) is 52.1 Å². The lowest BCUT2D eigenvalue weighted by Gasteiger charge is -2.27. The van der Waals surface area contributed by atoms with E-state index in [1.807, 2.05) is 54.6 Å². The molecule has 2 aromatic heterocycles. The van der Waals surface area contributed by atoms with Crippen molar-refractivity contribution in [1.29, 1.82) is 5.41 Å². The lowest BCUT2D eigenvalue weighted by atomic mass is 9.76. The molecular formula is C52H41N3O2. The van der Waals surface area contributed by atoms with E-state index in [2.05, 4.69) is 145 Å². The first-order valence-electron chi connectivity index (χ1n) is 19.4. The van der Waals surface area contributed by atoms with Crippen molar-refractivity contribution in [3.05, 3.63) is 198 Å². The minimum atomic E-state index is 0.183. The summed E-state index contributed by atoms with van der Waals surface area (Å²) in [4.78, 5) is 8.62. The molecule has 0 fully saturated rings. The second kappa shape index (κ2) is 15.6. The number of rotatable bonds is 5. The summed E-state index contributed by atoms with van der Waals surface area (Å²) < 4.78 is 12.4. The van der Waals surface area contributed by atoms with Gasteiger partial charge in [-0.1, -0.05) is 146 Å². The van der Waals surface area contributed by atoms with Gasteiger partial charge >= 0.3 is 0 Å². The van der Waals surface area contributed by atoms with Crippen molar-refractivity contribution < 1.29 is 8.83 Å². The van der Waals surface area contributed by atoms with Crippen molar-refractivity contribution >= 4 is 57.4 Å². The van der Waals surface area contributed by atoms with Crippen LogP contribution in [-0.2, 0) is 0 Å². The van der Waals surface area contributed by atoms with Gasteiger partial charge in [-0.15, -0.1) is 0 Å². The molecule has 276 valence electrons. The van der Waals surface area contributed by atoms with E-state index in [0.29, 0.717) is 17.7 Å². The van der Waals surface area contributed by atoms with Gasteiger partial charge in [-0.2, -0.15) is 0 Å². The lowest BCUT2D eigenvalue weighted by molar-refractivity contribution is 0.494. The molecule has 2 atom stereocenters. The first kappa shape index (κ1) is 35.6. The van der Waals surface area contributed by atoms with Crippen LogP contribution in [0.5, 0.6) is 0 Å². The number of amidine groups is 2. The zero-order valence-electron chi connectivity index (χ0n) is 31.7. The van der Waals surface area contributed by atoms with E-state index in [9.17, 15) is 0 Å².